The Balaban J connectivity index is 2.73. The molecule has 1 aromatic heterocycles. The number of esters is 1. The van der Waals surface area contributed by atoms with Gasteiger partial charge >= 0.3 is 5.97 Å². The van der Waals surface area contributed by atoms with Crippen molar-refractivity contribution in [3.05, 3.63) is 46.2 Å². The Hall–Kier alpha value is -2.76. The molecule has 0 spiro atoms. The molecule has 20 heavy (non-hydrogen) atoms. The summed E-state index contributed by atoms with van der Waals surface area (Å²) in [4.78, 5) is 26.0. The van der Waals surface area contributed by atoms with Crippen LogP contribution in [-0.2, 0) is 4.74 Å². The number of aromatic amines is 1. The van der Waals surface area contributed by atoms with Crippen molar-refractivity contribution in [2.45, 2.75) is 0 Å². The van der Waals surface area contributed by atoms with Gasteiger partial charge in [0, 0.05) is 5.56 Å². The molecule has 2 aromatic rings. The Bertz CT molecular complexity index is 691. The van der Waals surface area contributed by atoms with Crippen molar-refractivity contribution in [3.8, 4) is 22.8 Å². The second kappa shape index (κ2) is 5.48. The predicted molar refractivity (Wildman–Crippen MR) is 72.1 cm³/mol. The maximum Gasteiger partial charge on any atom is 0.347 e. The summed E-state index contributed by atoms with van der Waals surface area (Å²) < 4.78 is 9.48. The molecule has 2 rings (SSSR count). The monoisotopic (exact) mass is 275 g/mol. The normalized spacial score (nSPS) is 10.1. The fraction of sp³-hybridized carbons (Fsp3) is 0.143. The van der Waals surface area contributed by atoms with Gasteiger partial charge in [0.05, 0.1) is 19.9 Å². The Morgan fingerprint density at radius 2 is 1.85 bits per heavy atom. The summed E-state index contributed by atoms with van der Waals surface area (Å²) in [6, 6.07) is 8.74. The van der Waals surface area contributed by atoms with Crippen LogP contribution in [0.2, 0.25) is 0 Å². The van der Waals surface area contributed by atoms with Crippen LogP contribution in [0.1, 0.15) is 10.4 Å². The first-order valence-electron chi connectivity index (χ1n) is 5.77. The Morgan fingerprint density at radius 3 is 2.40 bits per heavy atom. The summed E-state index contributed by atoms with van der Waals surface area (Å²) in [7, 11) is 2.40. The first-order chi connectivity index (χ1) is 9.60. The fourth-order valence-corrected chi connectivity index (χ4v) is 1.87. The van der Waals surface area contributed by atoms with Gasteiger partial charge in [-0.2, -0.15) is 0 Å². The fourth-order valence-electron chi connectivity index (χ4n) is 1.87. The van der Waals surface area contributed by atoms with Crippen LogP contribution in [0.5, 0.6) is 11.5 Å². The van der Waals surface area contributed by atoms with Crippen LogP contribution < -0.4 is 10.3 Å². The Morgan fingerprint density at radius 1 is 1.20 bits per heavy atom. The quantitative estimate of drug-likeness (QED) is 0.829. The number of pyridine rings is 1. The van der Waals surface area contributed by atoms with Gasteiger partial charge in [-0.15, -0.1) is 0 Å². The van der Waals surface area contributed by atoms with Crippen molar-refractivity contribution in [2.24, 2.45) is 0 Å². The molecule has 0 radical (unpaired) electrons. The van der Waals surface area contributed by atoms with Gasteiger partial charge in [0.15, 0.2) is 17.1 Å². The summed E-state index contributed by atoms with van der Waals surface area (Å²) in [6.45, 7) is 0. The van der Waals surface area contributed by atoms with Crippen molar-refractivity contribution in [1.29, 1.82) is 0 Å². The number of carbonyl (C=O) groups excluding carboxylic acids is 1. The minimum atomic E-state index is -0.877. The largest absolute Gasteiger partial charge is 0.503 e. The van der Waals surface area contributed by atoms with E-state index in [1.807, 2.05) is 0 Å². The zero-order valence-electron chi connectivity index (χ0n) is 11.0. The number of carbonyl (C=O) groups is 1. The number of aromatic hydroxyl groups is 1. The second-order valence-corrected chi connectivity index (χ2v) is 3.94. The molecule has 1 heterocycles. The lowest BCUT2D eigenvalue weighted by atomic mass is 10.1. The van der Waals surface area contributed by atoms with E-state index in [4.69, 9.17) is 4.74 Å². The van der Waals surface area contributed by atoms with Gasteiger partial charge in [0.2, 0.25) is 0 Å². The summed E-state index contributed by atoms with van der Waals surface area (Å²) in [6.07, 6.45) is 0. The number of ether oxygens (including phenoxy) is 2. The molecule has 2 N–H and O–H groups in total. The molecular weight excluding hydrogens is 262 g/mol. The highest BCUT2D eigenvalue weighted by Gasteiger charge is 2.24. The molecule has 0 bridgehead atoms. The van der Waals surface area contributed by atoms with Gasteiger partial charge in [-0.3, -0.25) is 4.79 Å². The molecule has 0 aliphatic heterocycles. The van der Waals surface area contributed by atoms with Crippen molar-refractivity contribution in [3.63, 3.8) is 0 Å². The lowest BCUT2D eigenvalue weighted by molar-refractivity contribution is 0.0594. The van der Waals surface area contributed by atoms with Crippen molar-refractivity contribution >= 4 is 5.97 Å². The predicted octanol–water partition coefficient (Wildman–Crippen LogP) is 1.54. The molecule has 6 nitrogen and oxygen atoms in total. The maximum absolute atomic E-state index is 12.0. The van der Waals surface area contributed by atoms with Crippen LogP contribution in [0.15, 0.2) is 35.1 Å². The molecule has 0 amide bonds. The molecular formula is C14H13NO5. The molecule has 0 saturated carbocycles. The van der Waals surface area contributed by atoms with E-state index in [9.17, 15) is 14.7 Å². The van der Waals surface area contributed by atoms with Crippen LogP contribution in [-0.4, -0.2) is 30.3 Å². The minimum Gasteiger partial charge on any atom is -0.503 e. The van der Waals surface area contributed by atoms with Gasteiger partial charge < -0.3 is 19.6 Å². The molecule has 0 aliphatic rings. The van der Waals surface area contributed by atoms with Gasteiger partial charge in [-0.1, -0.05) is 30.3 Å². The number of benzene rings is 1. The number of rotatable bonds is 3. The van der Waals surface area contributed by atoms with Crippen LogP contribution in [0.3, 0.4) is 0 Å². The number of hydrogen-bond donors (Lipinski definition) is 2. The lowest BCUT2D eigenvalue weighted by Gasteiger charge is -2.12. The number of aromatic nitrogens is 1. The van der Waals surface area contributed by atoms with E-state index in [0.29, 0.717) is 5.56 Å². The van der Waals surface area contributed by atoms with Crippen LogP contribution >= 0.6 is 0 Å². The molecule has 0 unspecified atom stereocenters. The standard InChI is InChI=1S/C14H13NO5/c1-19-12-9(14(18)20-2)13(17)15-10(11(12)16)8-6-4-3-5-7-8/h3-7,16H,1-2H3,(H,15,17). The Kier molecular flexibility index (Phi) is 3.74. The summed E-state index contributed by atoms with van der Waals surface area (Å²) in [5.74, 6) is -1.41. The van der Waals surface area contributed by atoms with Crippen molar-refractivity contribution < 1.29 is 19.4 Å². The van der Waals surface area contributed by atoms with Gasteiger partial charge in [0.25, 0.3) is 5.56 Å². The first-order valence-corrected chi connectivity index (χ1v) is 5.77. The third kappa shape index (κ3) is 2.23. The maximum atomic E-state index is 12.0. The van der Waals surface area contributed by atoms with Gasteiger partial charge in [-0.05, 0) is 0 Å². The van der Waals surface area contributed by atoms with E-state index in [2.05, 4.69) is 9.72 Å². The molecule has 104 valence electrons. The first kappa shape index (κ1) is 13.7. The number of methoxy groups -OCH3 is 2. The Labute approximate surface area is 114 Å². The van der Waals surface area contributed by atoms with Crippen LogP contribution in [0.4, 0.5) is 0 Å². The zero-order valence-corrected chi connectivity index (χ0v) is 11.0. The van der Waals surface area contributed by atoms with E-state index in [1.165, 1.54) is 7.11 Å². The second-order valence-electron chi connectivity index (χ2n) is 3.94. The van der Waals surface area contributed by atoms with Gasteiger partial charge in [0.1, 0.15) is 0 Å². The van der Waals surface area contributed by atoms with E-state index in [0.717, 1.165) is 7.11 Å². The highest BCUT2D eigenvalue weighted by atomic mass is 16.5. The third-order valence-corrected chi connectivity index (χ3v) is 2.80. The van der Waals surface area contributed by atoms with Crippen LogP contribution in [0, 0.1) is 0 Å². The summed E-state index contributed by atoms with van der Waals surface area (Å²) in [5, 5.41) is 10.2. The van der Waals surface area contributed by atoms with Crippen molar-refractivity contribution in [2.75, 3.05) is 14.2 Å². The number of H-pyrrole nitrogens is 1. The topological polar surface area (TPSA) is 88.6 Å². The summed E-state index contributed by atoms with van der Waals surface area (Å²) in [5.41, 5.74) is -0.283. The van der Waals surface area contributed by atoms with E-state index < -0.39 is 11.5 Å². The smallest absolute Gasteiger partial charge is 0.347 e. The zero-order chi connectivity index (χ0) is 14.7. The van der Waals surface area contributed by atoms with Crippen molar-refractivity contribution in [1.82, 2.24) is 4.98 Å². The molecule has 0 aliphatic carbocycles. The average Bonchev–Trinajstić information content (AvgIpc) is 2.48. The molecule has 0 atom stereocenters. The molecule has 6 heteroatoms. The minimum absolute atomic E-state index is 0.181. The highest BCUT2D eigenvalue weighted by molar-refractivity contribution is 5.94. The molecule has 1 aromatic carbocycles. The highest BCUT2D eigenvalue weighted by Crippen LogP contribution is 2.36. The average molecular weight is 275 g/mol. The molecule has 0 fully saturated rings. The lowest BCUT2D eigenvalue weighted by Crippen LogP contribution is -2.21. The van der Waals surface area contributed by atoms with E-state index in [-0.39, 0.29) is 22.8 Å². The number of nitrogens with one attached hydrogen (secondary N) is 1. The van der Waals surface area contributed by atoms with Gasteiger partial charge in [-0.25, -0.2) is 4.79 Å². The van der Waals surface area contributed by atoms with E-state index >= 15 is 0 Å². The van der Waals surface area contributed by atoms with E-state index in [1.54, 1.807) is 30.3 Å². The third-order valence-electron chi connectivity index (χ3n) is 2.80. The number of hydrogen-bond acceptors (Lipinski definition) is 5. The molecule has 0 saturated heterocycles. The van der Waals surface area contributed by atoms with Crippen LogP contribution in [0.25, 0.3) is 11.3 Å². The SMILES string of the molecule is COC(=O)c1c(OC)c(O)c(-c2ccccc2)[nH]c1=O. The summed E-state index contributed by atoms with van der Waals surface area (Å²) >= 11 is 0.